The van der Waals surface area contributed by atoms with Gasteiger partial charge in [0.05, 0.1) is 18.2 Å². The number of carbonyl (C=O) groups is 2. The number of nitrogens with zero attached hydrogens (tertiary/aromatic N) is 3. The topological polar surface area (TPSA) is 93.8 Å². The van der Waals surface area contributed by atoms with E-state index in [0.29, 0.717) is 24.7 Å². The minimum absolute atomic E-state index is 0.0704. The SMILES string of the molecule is CCOC(=O)c1cc2cc(C3CCOCC3)ccc2n1C1(C#N)[C@@H]2CN(C(=O)OC(C)(C)C)C[C@@H]21. The second-order valence-electron chi connectivity index (χ2n) is 10.8. The van der Waals surface area contributed by atoms with Gasteiger partial charge in [-0.2, -0.15) is 5.26 Å². The molecular formula is C27H33N3O5. The van der Waals surface area contributed by atoms with Crippen molar-refractivity contribution >= 4 is 23.0 Å². The molecule has 1 amide bonds. The van der Waals surface area contributed by atoms with Gasteiger partial charge in [0.25, 0.3) is 0 Å². The zero-order chi connectivity index (χ0) is 25.0. The lowest BCUT2D eigenvalue weighted by Gasteiger charge is -2.28. The highest BCUT2D eigenvalue weighted by atomic mass is 16.6. The largest absolute Gasteiger partial charge is 0.461 e. The van der Waals surface area contributed by atoms with Crippen molar-refractivity contribution in [3.05, 3.63) is 35.5 Å². The van der Waals surface area contributed by atoms with E-state index in [0.717, 1.165) is 37.0 Å². The molecule has 1 aromatic heterocycles. The number of nitriles is 1. The van der Waals surface area contributed by atoms with Crippen molar-refractivity contribution in [3.63, 3.8) is 0 Å². The summed E-state index contributed by atoms with van der Waals surface area (Å²) in [7, 11) is 0. The summed E-state index contributed by atoms with van der Waals surface area (Å²) in [6.07, 6.45) is 1.59. The van der Waals surface area contributed by atoms with Crippen molar-refractivity contribution in [3.8, 4) is 6.07 Å². The van der Waals surface area contributed by atoms with Gasteiger partial charge in [-0.15, -0.1) is 0 Å². The molecule has 1 aromatic carbocycles. The predicted octanol–water partition coefficient (Wildman–Crippen LogP) is 4.43. The Morgan fingerprint density at radius 3 is 2.46 bits per heavy atom. The Hall–Kier alpha value is -3.05. The first-order valence-electron chi connectivity index (χ1n) is 12.5. The number of likely N-dealkylation sites (tertiary alicyclic amines) is 1. The number of aromatic nitrogens is 1. The van der Waals surface area contributed by atoms with E-state index >= 15 is 0 Å². The molecular weight excluding hydrogens is 446 g/mol. The van der Waals surface area contributed by atoms with Gasteiger partial charge in [-0.3, -0.25) is 0 Å². The molecule has 3 atom stereocenters. The van der Waals surface area contributed by atoms with Crippen molar-refractivity contribution in [1.29, 1.82) is 5.26 Å². The molecule has 3 fully saturated rings. The standard InChI is InChI=1S/C27H33N3O5/c1-5-34-24(31)23-13-19-12-18(17-8-10-33-11-9-17)6-7-22(19)30(23)27(16-28)20-14-29(15-21(20)27)25(32)35-26(2,3)4/h6-7,12-13,17,20-21H,5,8-11,14-15H2,1-4H3/t20-,21+,27?. The van der Waals surface area contributed by atoms with Crippen LogP contribution in [0.2, 0.25) is 0 Å². The van der Waals surface area contributed by atoms with Gasteiger partial charge < -0.3 is 23.7 Å². The molecule has 1 unspecified atom stereocenters. The van der Waals surface area contributed by atoms with Crippen molar-refractivity contribution in [2.24, 2.45) is 11.8 Å². The lowest BCUT2D eigenvalue weighted by Crippen LogP contribution is -2.40. The summed E-state index contributed by atoms with van der Waals surface area (Å²) in [6, 6.07) is 10.7. The Balaban J connectivity index is 1.50. The highest BCUT2D eigenvalue weighted by molar-refractivity contribution is 5.96. The molecule has 1 saturated carbocycles. The predicted molar refractivity (Wildman–Crippen MR) is 129 cm³/mol. The number of esters is 1. The van der Waals surface area contributed by atoms with Gasteiger partial charge in [0.15, 0.2) is 0 Å². The third-order valence-corrected chi connectivity index (χ3v) is 7.55. The van der Waals surface area contributed by atoms with Gasteiger partial charge in [-0.05, 0) is 70.2 Å². The monoisotopic (exact) mass is 479 g/mol. The summed E-state index contributed by atoms with van der Waals surface area (Å²) in [6.45, 7) is 9.92. The van der Waals surface area contributed by atoms with Crippen LogP contribution in [0.1, 0.15) is 62.5 Å². The van der Waals surface area contributed by atoms with E-state index in [9.17, 15) is 14.9 Å². The molecule has 1 aliphatic carbocycles. The van der Waals surface area contributed by atoms with Crippen molar-refractivity contribution < 1.29 is 23.8 Å². The second-order valence-corrected chi connectivity index (χ2v) is 10.8. The van der Waals surface area contributed by atoms with Crippen LogP contribution < -0.4 is 0 Å². The summed E-state index contributed by atoms with van der Waals surface area (Å²) in [5, 5.41) is 11.4. The Labute approximate surface area is 205 Å². The maximum Gasteiger partial charge on any atom is 0.410 e. The molecule has 186 valence electrons. The number of amides is 1. The molecule has 0 N–H and O–H groups in total. The zero-order valence-electron chi connectivity index (χ0n) is 20.9. The summed E-state index contributed by atoms with van der Waals surface area (Å²) in [5.74, 6) is -0.145. The number of carbonyl (C=O) groups excluding carboxylic acids is 2. The highest BCUT2D eigenvalue weighted by Crippen LogP contribution is 2.62. The average molecular weight is 480 g/mol. The lowest BCUT2D eigenvalue weighted by molar-refractivity contribution is 0.0257. The number of fused-ring (bicyclic) bond motifs is 2. The quantitative estimate of drug-likeness (QED) is 0.603. The minimum Gasteiger partial charge on any atom is -0.461 e. The first-order valence-corrected chi connectivity index (χ1v) is 12.5. The van der Waals surface area contributed by atoms with Gasteiger partial charge in [0.2, 0.25) is 0 Å². The maximum absolute atomic E-state index is 13.0. The maximum atomic E-state index is 13.0. The van der Waals surface area contributed by atoms with E-state index < -0.39 is 17.1 Å². The Morgan fingerprint density at radius 1 is 1.17 bits per heavy atom. The first kappa shape index (κ1) is 23.7. The van der Waals surface area contributed by atoms with Crippen LogP contribution in [0, 0.1) is 23.2 Å². The second kappa shape index (κ2) is 8.56. The number of ether oxygens (including phenoxy) is 3. The fourth-order valence-corrected chi connectivity index (χ4v) is 5.90. The molecule has 0 radical (unpaired) electrons. The molecule has 2 saturated heterocycles. The number of piperidine rings is 1. The summed E-state index contributed by atoms with van der Waals surface area (Å²) < 4.78 is 18.3. The first-order chi connectivity index (χ1) is 16.7. The average Bonchev–Trinajstić information content (AvgIpc) is 3.15. The number of hydrogen-bond acceptors (Lipinski definition) is 6. The van der Waals surface area contributed by atoms with E-state index in [4.69, 9.17) is 14.2 Å². The van der Waals surface area contributed by atoms with E-state index in [1.165, 1.54) is 5.56 Å². The molecule has 2 aromatic rings. The Kier molecular flexibility index (Phi) is 5.79. The van der Waals surface area contributed by atoms with Crippen molar-refractivity contribution in [1.82, 2.24) is 9.47 Å². The molecule has 35 heavy (non-hydrogen) atoms. The van der Waals surface area contributed by atoms with E-state index in [1.807, 2.05) is 37.5 Å². The minimum atomic E-state index is -0.886. The third kappa shape index (κ3) is 3.96. The number of hydrogen-bond donors (Lipinski definition) is 0. The number of benzene rings is 1. The molecule has 5 rings (SSSR count). The van der Waals surface area contributed by atoms with E-state index in [2.05, 4.69) is 18.2 Å². The van der Waals surface area contributed by atoms with Crippen molar-refractivity contribution in [2.45, 2.75) is 57.6 Å². The van der Waals surface area contributed by atoms with Crippen LogP contribution in [0.15, 0.2) is 24.3 Å². The molecule has 3 heterocycles. The van der Waals surface area contributed by atoms with Crippen LogP contribution in [0.5, 0.6) is 0 Å². The molecule has 2 aliphatic heterocycles. The normalized spacial score (nSPS) is 26.3. The molecule has 3 aliphatic rings. The van der Waals surface area contributed by atoms with Crippen LogP contribution in [-0.2, 0) is 19.7 Å². The molecule has 8 heteroatoms. The summed E-state index contributed by atoms with van der Waals surface area (Å²) in [5.41, 5.74) is 1.01. The Bertz CT molecular complexity index is 1190. The van der Waals surface area contributed by atoms with Gasteiger partial charge in [-0.1, -0.05) is 6.07 Å². The van der Waals surface area contributed by atoms with Gasteiger partial charge >= 0.3 is 12.1 Å². The smallest absolute Gasteiger partial charge is 0.410 e. The molecule has 0 bridgehead atoms. The van der Waals surface area contributed by atoms with Crippen LogP contribution in [-0.4, -0.2) is 60.0 Å². The lowest BCUT2D eigenvalue weighted by atomic mass is 9.91. The van der Waals surface area contributed by atoms with Crippen LogP contribution >= 0.6 is 0 Å². The zero-order valence-corrected chi connectivity index (χ0v) is 20.9. The summed E-state index contributed by atoms with van der Waals surface area (Å²) >= 11 is 0. The van der Waals surface area contributed by atoms with E-state index in [-0.39, 0.29) is 24.5 Å². The summed E-state index contributed by atoms with van der Waals surface area (Å²) in [4.78, 5) is 27.3. The number of rotatable bonds is 4. The van der Waals surface area contributed by atoms with Crippen LogP contribution in [0.4, 0.5) is 4.79 Å². The van der Waals surface area contributed by atoms with Gasteiger partial charge in [0, 0.05) is 43.5 Å². The van der Waals surface area contributed by atoms with Crippen molar-refractivity contribution in [2.75, 3.05) is 32.9 Å². The van der Waals surface area contributed by atoms with Gasteiger partial charge in [0.1, 0.15) is 16.8 Å². The highest BCUT2D eigenvalue weighted by Gasteiger charge is 2.72. The van der Waals surface area contributed by atoms with Crippen LogP contribution in [0.25, 0.3) is 10.9 Å². The van der Waals surface area contributed by atoms with Gasteiger partial charge in [-0.25, -0.2) is 9.59 Å². The Morgan fingerprint density at radius 2 is 1.86 bits per heavy atom. The third-order valence-electron chi connectivity index (χ3n) is 7.55. The van der Waals surface area contributed by atoms with E-state index in [1.54, 1.807) is 11.8 Å². The molecule has 0 spiro atoms. The fourth-order valence-electron chi connectivity index (χ4n) is 5.90. The molecule has 8 nitrogen and oxygen atoms in total. The van der Waals surface area contributed by atoms with Crippen LogP contribution in [0.3, 0.4) is 0 Å². The fraction of sp³-hybridized carbons (Fsp3) is 0.593.